The number of nitrogens with one attached hydrogen (secondary N) is 1. The summed E-state index contributed by atoms with van der Waals surface area (Å²) in [6.45, 7) is 0. The van der Waals surface area contributed by atoms with Crippen molar-refractivity contribution in [2.45, 2.75) is 0 Å². The van der Waals surface area contributed by atoms with E-state index in [9.17, 15) is 10.1 Å². The highest BCUT2D eigenvalue weighted by Crippen LogP contribution is 2.25. The third-order valence-electron chi connectivity index (χ3n) is 3.71. The van der Waals surface area contributed by atoms with Crippen molar-refractivity contribution in [3.63, 3.8) is 0 Å². The fraction of sp³-hybridized carbons (Fsp3) is 0. The molecule has 2 aromatic heterocycles. The molecule has 128 valence electrons. The molecule has 0 radical (unpaired) electrons. The molecule has 2 aromatic carbocycles. The van der Waals surface area contributed by atoms with Gasteiger partial charge in [0.2, 0.25) is 0 Å². The Balaban J connectivity index is 1.68. The number of hydrogen-bond acceptors (Lipinski definition) is 7. The molecule has 0 atom stereocenters. The maximum atomic E-state index is 11.0. The Morgan fingerprint density at radius 2 is 2.04 bits per heavy atom. The molecule has 0 saturated heterocycles. The van der Waals surface area contributed by atoms with Crippen molar-refractivity contribution in [2.24, 2.45) is 5.10 Å². The Morgan fingerprint density at radius 1 is 1.23 bits per heavy atom. The van der Waals surface area contributed by atoms with Crippen molar-refractivity contribution in [3.8, 4) is 0 Å². The number of fused-ring (bicyclic) bond motifs is 3. The molecule has 4 aromatic rings. The number of nitro groups is 1. The molecule has 0 amide bonds. The summed E-state index contributed by atoms with van der Waals surface area (Å²) >= 11 is 5.80. The number of hydrazone groups is 1. The minimum absolute atomic E-state index is 0.0748. The van der Waals surface area contributed by atoms with E-state index in [-0.39, 0.29) is 10.7 Å². The lowest BCUT2D eigenvalue weighted by molar-refractivity contribution is -0.384. The number of halogens is 1. The van der Waals surface area contributed by atoms with Gasteiger partial charge in [0.25, 0.3) is 5.69 Å². The van der Waals surface area contributed by atoms with E-state index in [1.165, 1.54) is 24.7 Å². The van der Waals surface area contributed by atoms with E-state index in [4.69, 9.17) is 11.6 Å². The molecule has 0 unspecified atom stereocenters. The quantitative estimate of drug-likeness (QED) is 0.336. The zero-order valence-corrected chi connectivity index (χ0v) is 13.8. The Bertz CT molecular complexity index is 1170. The molecule has 10 heteroatoms. The van der Waals surface area contributed by atoms with Crippen LogP contribution in [0.15, 0.2) is 53.9 Å². The number of aromatic nitrogens is 4. The molecular weight excluding hydrogens is 358 g/mol. The summed E-state index contributed by atoms with van der Waals surface area (Å²) in [5.74, 6) is 0.507. The standard InChI is InChI=1S/C16H10ClN7O2/c17-13-6-5-10(7-14(13)24(25)26)8-18-20-15-11-3-1-2-4-12(11)16-21-19-9-23(16)22-15/h1-9H,(H,20,22). The van der Waals surface area contributed by atoms with Gasteiger partial charge >= 0.3 is 0 Å². The van der Waals surface area contributed by atoms with E-state index in [0.717, 1.165) is 10.8 Å². The van der Waals surface area contributed by atoms with Gasteiger partial charge in [0.1, 0.15) is 11.3 Å². The second-order valence-electron chi connectivity index (χ2n) is 5.33. The van der Waals surface area contributed by atoms with Gasteiger partial charge in [0.05, 0.1) is 11.1 Å². The van der Waals surface area contributed by atoms with Gasteiger partial charge in [-0.25, -0.2) is 0 Å². The lowest BCUT2D eigenvalue weighted by atomic mass is 10.2. The third kappa shape index (κ3) is 2.80. The number of benzene rings is 2. The summed E-state index contributed by atoms with van der Waals surface area (Å²) in [6, 6.07) is 12.0. The van der Waals surface area contributed by atoms with Crippen LogP contribution in [0.5, 0.6) is 0 Å². The summed E-state index contributed by atoms with van der Waals surface area (Å²) in [5.41, 5.74) is 3.86. The van der Waals surface area contributed by atoms with E-state index in [2.05, 4.69) is 25.8 Å². The van der Waals surface area contributed by atoms with Crippen LogP contribution in [0.4, 0.5) is 11.5 Å². The van der Waals surface area contributed by atoms with Gasteiger partial charge < -0.3 is 0 Å². The zero-order valence-electron chi connectivity index (χ0n) is 13.1. The predicted molar refractivity (Wildman–Crippen MR) is 97.6 cm³/mol. The fourth-order valence-corrected chi connectivity index (χ4v) is 2.71. The minimum atomic E-state index is -0.540. The van der Waals surface area contributed by atoms with Crippen molar-refractivity contribution in [2.75, 3.05) is 5.43 Å². The van der Waals surface area contributed by atoms with Gasteiger partial charge in [0.15, 0.2) is 11.5 Å². The van der Waals surface area contributed by atoms with E-state index in [1.54, 1.807) is 10.6 Å². The van der Waals surface area contributed by atoms with E-state index >= 15 is 0 Å². The largest absolute Gasteiger partial charge is 0.288 e. The van der Waals surface area contributed by atoms with Gasteiger partial charge in [0, 0.05) is 22.4 Å². The number of anilines is 1. The summed E-state index contributed by atoms with van der Waals surface area (Å²) < 4.78 is 1.55. The first-order valence-electron chi connectivity index (χ1n) is 7.45. The molecule has 0 aliphatic rings. The molecule has 0 aliphatic carbocycles. The Hall–Kier alpha value is -3.59. The highest BCUT2D eigenvalue weighted by molar-refractivity contribution is 6.32. The van der Waals surface area contributed by atoms with Crippen LogP contribution in [-0.4, -0.2) is 30.9 Å². The average Bonchev–Trinajstić information content (AvgIpc) is 3.11. The maximum absolute atomic E-state index is 11.0. The molecule has 2 heterocycles. The first-order valence-corrected chi connectivity index (χ1v) is 7.83. The monoisotopic (exact) mass is 367 g/mol. The third-order valence-corrected chi connectivity index (χ3v) is 4.03. The minimum Gasteiger partial charge on any atom is -0.259 e. The highest BCUT2D eigenvalue weighted by atomic mass is 35.5. The summed E-state index contributed by atoms with van der Waals surface area (Å²) in [5, 5.41) is 29.2. The molecule has 4 rings (SSSR count). The summed E-state index contributed by atoms with van der Waals surface area (Å²) in [4.78, 5) is 10.4. The second-order valence-corrected chi connectivity index (χ2v) is 5.74. The van der Waals surface area contributed by atoms with Crippen LogP contribution in [-0.2, 0) is 0 Å². The first kappa shape index (κ1) is 15.9. The topological polar surface area (TPSA) is 111 Å². The Labute approximate surface area is 151 Å². The molecule has 26 heavy (non-hydrogen) atoms. The van der Waals surface area contributed by atoms with Gasteiger partial charge in [-0.15, -0.1) is 15.3 Å². The first-order chi connectivity index (χ1) is 12.6. The molecule has 0 bridgehead atoms. The van der Waals surface area contributed by atoms with Crippen LogP contribution in [0.1, 0.15) is 5.56 Å². The maximum Gasteiger partial charge on any atom is 0.288 e. The molecule has 9 nitrogen and oxygen atoms in total. The van der Waals surface area contributed by atoms with Crippen molar-refractivity contribution in [1.29, 1.82) is 0 Å². The van der Waals surface area contributed by atoms with E-state index in [1.807, 2.05) is 24.3 Å². The van der Waals surface area contributed by atoms with Crippen molar-refractivity contribution < 1.29 is 4.92 Å². The smallest absolute Gasteiger partial charge is 0.259 e. The van der Waals surface area contributed by atoms with Gasteiger partial charge in [-0.2, -0.15) is 9.62 Å². The van der Waals surface area contributed by atoms with Crippen LogP contribution >= 0.6 is 11.6 Å². The molecule has 0 spiro atoms. The van der Waals surface area contributed by atoms with Crippen LogP contribution in [0.3, 0.4) is 0 Å². The van der Waals surface area contributed by atoms with Gasteiger partial charge in [-0.3, -0.25) is 15.5 Å². The van der Waals surface area contributed by atoms with Gasteiger partial charge in [-0.1, -0.05) is 41.9 Å². The van der Waals surface area contributed by atoms with Crippen molar-refractivity contribution in [1.82, 2.24) is 19.8 Å². The SMILES string of the molecule is O=[N+]([O-])c1cc(C=NNc2nn3cnnc3c3ccccc23)ccc1Cl. The van der Waals surface area contributed by atoms with E-state index < -0.39 is 4.92 Å². The molecule has 1 N–H and O–H groups in total. The normalized spacial score (nSPS) is 11.4. The van der Waals surface area contributed by atoms with Crippen LogP contribution in [0, 0.1) is 10.1 Å². The highest BCUT2D eigenvalue weighted by Gasteiger charge is 2.12. The van der Waals surface area contributed by atoms with Crippen molar-refractivity contribution in [3.05, 3.63) is 69.5 Å². The van der Waals surface area contributed by atoms with Crippen LogP contribution in [0.25, 0.3) is 16.4 Å². The molecule has 0 aliphatic heterocycles. The van der Waals surface area contributed by atoms with Gasteiger partial charge in [-0.05, 0) is 6.07 Å². The number of hydrogen-bond donors (Lipinski definition) is 1. The number of rotatable bonds is 4. The fourth-order valence-electron chi connectivity index (χ4n) is 2.53. The molecule has 0 saturated carbocycles. The van der Waals surface area contributed by atoms with Crippen LogP contribution in [0.2, 0.25) is 5.02 Å². The number of nitro benzene ring substituents is 1. The lowest BCUT2D eigenvalue weighted by Gasteiger charge is -2.05. The summed E-state index contributed by atoms with van der Waals surface area (Å²) in [7, 11) is 0. The van der Waals surface area contributed by atoms with E-state index in [0.29, 0.717) is 17.0 Å². The predicted octanol–water partition coefficient (Wildman–Crippen LogP) is 3.29. The molecule has 0 fully saturated rings. The number of nitrogens with zero attached hydrogens (tertiary/aromatic N) is 6. The zero-order chi connectivity index (χ0) is 18.1. The van der Waals surface area contributed by atoms with Crippen LogP contribution < -0.4 is 5.43 Å². The summed E-state index contributed by atoms with van der Waals surface area (Å²) in [6.07, 6.45) is 2.95. The lowest BCUT2D eigenvalue weighted by Crippen LogP contribution is -2.00. The van der Waals surface area contributed by atoms with Crippen molar-refractivity contribution >= 4 is 45.7 Å². The molecular formula is C16H10ClN7O2. The average molecular weight is 368 g/mol. The Morgan fingerprint density at radius 3 is 2.85 bits per heavy atom. The second kappa shape index (κ2) is 6.37. The Kier molecular flexibility index (Phi) is 3.90.